The van der Waals surface area contributed by atoms with E-state index in [1.165, 1.54) is 0 Å². The van der Waals surface area contributed by atoms with Gasteiger partial charge in [0.15, 0.2) is 0 Å². The third kappa shape index (κ3) is 27.8. The summed E-state index contributed by atoms with van der Waals surface area (Å²) in [4.78, 5) is 43.4. The Morgan fingerprint density at radius 3 is 0.880 bits per heavy atom. The van der Waals surface area contributed by atoms with Crippen LogP contribution in [-0.4, -0.2) is 29.4 Å². The first kappa shape index (κ1) is 28.5. The van der Waals surface area contributed by atoms with Crippen molar-refractivity contribution < 1.29 is 49.8 Å². The minimum Gasteiger partial charge on any atom is -0.328 e. The minimum absolute atomic E-state index is 0. The summed E-state index contributed by atoms with van der Waals surface area (Å²) in [5.74, 6) is 0. The molecule has 0 heterocycles. The summed E-state index contributed by atoms with van der Waals surface area (Å²) < 4.78 is 0. The molecule has 0 spiro atoms. The standard InChI is InChI=1S/2C7H5N.2H3O3P.Pd/c2*8-6-7-4-2-1-3-5-7;2*1-4(2)3;/h2*1-5H;2*1-3H;. The molecule has 0 saturated heterocycles. The largest absolute Gasteiger partial charge is 0.328 e. The maximum absolute atomic E-state index is 8.29. The molecule has 0 aliphatic rings. The van der Waals surface area contributed by atoms with Gasteiger partial charge in [-0.3, -0.25) is 0 Å². The second kappa shape index (κ2) is 20.7. The van der Waals surface area contributed by atoms with Crippen LogP contribution in [0.2, 0.25) is 0 Å². The predicted octanol–water partition coefficient (Wildman–Crippen LogP) is 1.49. The summed E-state index contributed by atoms with van der Waals surface area (Å²) in [7, 11) is -5.24. The number of hydrogen-bond donors (Lipinski definition) is 6. The second-order valence-corrected chi connectivity index (χ2v) is 4.57. The van der Waals surface area contributed by atoms with Gasteiger partial charge in [-0.15, -0.1) is 0 Å². The molecule has 0 unspecified atom stereocenters. The molecule has 0 amide bonds. The van der Waals surface area contributed by atoms with Crippen LogP contribution in [0.3, 0.4) is 0 Å². The maximum Gasteiger partial charge on any atom is 0.324 e. The van der Waals surface area contributed by atoms with Crippen LogP contribution < -0.4 is 0 Å². The number of rotatable bonds is 0. The van der Waals surface area contributed by atoms with E-state index in [4.69, 9.17) is 39.9 Å². The summed E-state index contributed by atoms with van der Waals surface area (Å²) in [5, 5.41) is 16.6. The van der Waals surface area contributed by atoms with Gasteiger partial charge in [0.2, 0.25) is 0 Å². The van der Waals surface area contributed by atoms with Crippen LogP contribution in [0.5, 0.6) is 0 Å². The van der Waals surface area contributed by atoms with Crippen molar-refractivity contribution in [1.29, 1.82) is 10.5 Å². The van der Waals surface area contributed by atoms with Crippen LogP contribution in [0.4, 0.5) is 0 Å². The monoisotopic (exact) mass is 476 g/mol. The molecule has 2 aromatic carbocycles. The van der Waals surface area contributed by atoms with E-state index in [0.29, 0.717) is 11.1 Å². The van der Waals surface area contributed by atoms with E-state index in [1.54, 1.807) is 24.3 Å². The molecule has 8 nitrogen and oxygen atoms in total. The van der Waals surface area contributed by atoms with Crippen molar-refractivity contribution in [2.24, 2.45) is 0 Å². The Labute approximate surface area is 161 Å². The zero-order chi connectivity index (χ0) is 18.8. The van der Waals surface area contributed by atoms with Crippen LogP contribution in [0.1, 0.15) is 11.1 Å². The zero-order valence-electron chi connectivity index (χ0n) is 12.6. The van der Waals surface area contributed by atoms with Gasteiger partial charge in [-0.25, -0.2) is 0 Å². The third-order valence-corrected chi connectivity index (χ3v) is 1.81. The van der Waals surface area contributed by atoms with Crippen molar-refractivity contribution in [3.63, 3.8) is 0 Å². The molecule has 0 fully saturated rings. The van der Waals surface area contributed by atoms with E-state index in [0.717, 1.165) is 0 Å². The van der Waals surface area contributed by atoms with E-state index in [2.05, 4.69) is 0 Å². The molecule has 2 rings (SSSR count). The first-order valence-corrected chi connectivity index (χ1v) is 8.37. The van der Waals surface area contributed by atoms with Gasteiger partial charge in [0, 0.05) is 20.4 Å². The molecule has 11 heteroatoms. The number of benzene rings is 2. The van der Waals surface area contributed by atoms with Crippen molar-refractivity contribution in [2.75, 3.05) is 0 Å². The Morgan fingerprint density at radius 2 is 0.760 bits per heavy atom. The van der Waals surface area contributed by atoms with Crippen molar-refractivity contribution in [3.05, 3.63) is 71.8 Å². The summed E-state index contributed by atoms with van der Waals surface area (Å²) in [5.41, 5.74) is 1.43. The van der Waals surface area contributed by atoms with E-state index in [9.17, 15) is 0 Å². The van der Waals surface area contributed by atoms with Gasteiger partial charge in [0.25, 0.3) is 0 Å². The van der Waals surface area contributed by atoms with Crippen molar-refractivity contribution in [1.82, 2.24) is 0 Å². The fraction of sp³-hybridized carbons (Fsp3) is 0. The third-order valence-electron chi connectivity index (χ3n) is 1.81. The van der Waals surface area contributed by atoms with E-state index in [1.807, 2.05) is 48.5 Å². The van der Waals surface area contributed by atoms with Gasteiger partial charge >= 0.3 is 17.2 Å². The Balaban J connectivity index is -0.000000270. The van der Waals surface area contributed by atoms with Gasteiger partial charge in [-0.1, -0.05) is 36.4 Å². The Hall–Kier alpha value is -1.30. The molecule has 25 heavy (non-hydrogen) atoms. The topological polar surface area (TPSA) is 169 Å². The Bertz CT molecular complexity index is 545. The van der Waals surface area contributed by atoms with Gasteiger partial charge in [0.05, 0.1) is 23.3 Å². The minimum atomic E-state index is -2.62. The molecule has 0 bridgehead atoms. The summed E-state index contributed by atoms with van der Waals surface area (Å²) in [6, 6.07) is 22.3. The molecule has 0 aliphatic carbocycles. The molecule has 0 radical (unpaired) electrons. The quantitative estimate of drug-likeness (QED) is 0.245. The van der Waals surface area contributed by atoms with Crippen molar-refractivity contribution in [3.8, 4) is 12.1 Å². The SMILES string of the molecule is N#Cc1ccccc1.N#Cc1ccccc1.OP(O)O.OP(O)O.[Pd]. The second-order valence-electron chi connectivity index (χ2n) is 3.49. The molecular formula is C14H16N2O6P2Pd. The molecule has 0 aromatic heterocycles. The van der Waals surface area contributed by atoms with Gasteiger partial charge in [0.1, 0.15) is 0 Å². The average Bonchev–Trinajstić information content (AvgIpc) is 2.56. The summed E-state index contributed by atoms with van der Waals surface area (Å²) >= 11 is 0. The molecule has 0 atom stereocenters. The maximum atomic E-state index is 8.29. The fourth-order valence-electron chi connectivity index (χ4n) is 1.03. The number of nitriles is 2. The van der Waals surface area contributed by atoms with Crippen molar-refractivity contribution in [2.45, 2.75) is 0 Å². The van der Waals surface area contributed by atoms with E-state index < -0.39 is 17.2 Å². The fourth-order valence-corrected chi connectivity index (χ4v) is 1.03. The summed E-state index contributed by atoms with van der Waals surface area (Å²) in [6.45, 7) is 0. The summed E-state index contributed by atoms with van der Waals surface area (Å²) in [6.07, 6.45) is 0. The Kier molecular flexibility index (Phi) is 23.7. The predicted molar refractivity (Wildman–Crippen MR) is 89.5 cm³/mol. The molecular weight excluding hydrogens is 461 g/mol. The molecule has 2 aromatic rings. The number of hydrogen-bond acceptors (Lipinski definition) is 8. The zero-order valence-corrected chi connectivity index (χ0v) is 15.9. The van der Waals surface area contributed by atoms with E-state index >= 15 is 0 Å². The molecule has 138 valence electrons. The Morgan fingerprint density at radius 1 is 0.560 bits per heavy atom. The normalized spacial score (nSPS) is 7.92. The molecule has 0 aliphatic heterocycles. The van der Waals surface area contributed by atoms with Crippen LogP contribution in [-0.2, 0) is 20.4 Å². The molecule has 0 saturated carbocycles. The van der Waals surface area contributed by atoms with Gasteiger partial charge in [-0.2, -0.15) is 10.5 Å². The van der Waals surface area contributed by atoms with Crippen LogP contribution in [0.15, 0.2) is 60.7 Å². The smallest absolute Gasteiger partial charge is 0.324 e. The first-order chi connectivity index (χ1) is 11.3. The van der Waals surface area contributed by atoms with Crippen molar-refractivity contribution >= 4 is 17.2 Å². The average molecular weight is 477 g/mol. The van der Waals surface area contributed by atoms with Crippen LogP contribution >= 0.6 is 17.2 Å². The number of nitrogens with zero attached hydrogens (tertiary/aromatic N) is 2. The molecule has 6 N–H and O–H groups in total. The van der Waals surface area contributed by atoms with Gasteiger partial charge < -0.3 is 29.4 Å². The first-order valence-electron chi connectivity index (χ1n) is 5.97. The van der Waals surface area contributed by atoms with Gasteiger partial charge in [-0.05, 0) is 24.3 Å². The van der Waals surface area contributed by atoms with Crippen LogP contribution in [0, 0.1) is 22.7 Å². The van der Waals surface area contributed by atoms with Crippen LogP contribution in [0.25, 0.3) is 0 Å². The van der Waals surface area contributed by atoms with E-state index in [-0.39, 0.29) is 20.4 Å².